The normalized spacial score (nSPS) is 14.0. The second-order valence-corrected chi connectivity index (χ2v) is 13.7. The smallest absolute Gasteiger partial charge is 0.0725 e. The van der Waals surface area contributed by atoms with Crippen LogP contribution < -0.4 is 0 Å². The molecule has 0 radical (unpaired) electrons. The number of fused-ring (bicyclic) bond motifs is 16. The fourth-order valence-electron chi connectivity index (χ4n) is 9.57. The minimum atomic E-state index is -0.393. The maximum absolute atomic E-state index is 4.54. The highest BCUT2D eigenvalue weighted by molar-refractivity contribution is 6.09. The van der Waals surface area contributed by atoms with Gasteiger partial charge in [0.15, 0.2) is 0 Å². The molecule has 3 aliphatic carbocycles. The molecule has 0 aliphatic heterocycles. The third-order valence-corrected chi connectivity index (χ3v) is 11.5. The van der Waals surface area contributed by atoms with Crippen LogP contribution in [0.1, 0.15) is 38.9 Å². The molecule has 226 valence electrons. The van der Waals surface area contributed by atoms with Crippen molar-refractivity contribution in [1.82, 2.24) is 0 Å². The van der Waals surface area contributed by atoms with Gasteiger partial charge in [-0.2, -0.15) is 0 Å². The van der Waals surface area contributed by atoms with Crippen LogP contribution in [-0.2, 0) is 5.41 Å². The zero-order valence-corrected chi connectivity index (χ0v) is 26.9. The van der Waals surface area contributed by atoms with Gasteiger partial charge in [0.25, 0.3) is 0 Å². The monoisotopic (exact) mass is 618 g/mol. The molecule has 0 amide bonds. The summed E-state index contributed by atoms with van der Waals surface area (Å²) >= 11 is 0. The van der Waals surface area contributed by atoms with Gasteiger partial charge in [-0.05, 0) is 129 Å². The number of hydrogen-bond donors (Lipinski definition) is 0. The average Bonchev–Trinajstić information content (AvgIpc) is 3.74. The number of hydrogen-bond acceptors (Lipinski definition) is 0. The summed E-state index contributed by atoms with van der Waals surface area (Å²) in [6, 6.07) is 56.7. The topological polar surface area (TPSA) is 0 Å². The van der Waals surface area contributed by atoms with Gasteiger partial charge in [-0.3, -0.25) is 0 Å². The van der Waals surface area contributed by atoms with E-state index in [4.69, 9.17) is 0 Å². The predicted octanol–water partition coefficient (Wildman–Crippen LogP) is 12.7. The highest BCUT2D eigenvalue weighted by Gasteiger charge is 2.52. The van der Waals surface area contributed by atoms with Crippen molar-refractivity contribution in [2.24, 2.45) is 0 Å². The van der Waals surface area contributed by atoms with Gasteiger partial charge < -0.3 is 0 Å². The number of rotatable bonds is 2. The molecule has 0 N–H and O–H groups in total. The lowest BCUT2D eigenvalue weighted by molar-refractivity contribution is 0.795. The van der Waals surface area contributed by atoms with Crippen molar-refractivity contribution in [2.45, 2.75) is 5.41 Å². The first-order valence-electron chi connectivity index (χ1n) is 17.1. The molecular weight excluding hydrogens is 589 g/mol. The van der Waals surface area contributed by atoms with Crippen LogP contribution in [0.25, 0.3) is 77.7 Å². The SMILES string of the molecule is C=Cc1c(-c2ccc3cc4c(cc3c2)C2(c3ccccc3-c3ccccc32)c2ccc3ccccc3c2-4)ccc2c1C(=C)c1ccccc1-2. The Kier molecular flexibility index (Phi) is 5.16. The second kappa shape index (κ2) is 9.43. The third-order valence-electron chi connectivity index (χ3n) is 11.5. The maximum Gasteiger partial charge on any atom is 0.0725 e. The Balaban J connectivity index is 1.20. The van der Waals surface area contributed by atoms with E-state index < -0.39 is 5.41 Å². The Labute approximate surface area is 286 Å². The van der Waals surface area contributed by atoms with E-state index in [0.29, 0.717) is 0 Å². The molecule has 0 heteroatoms. The van der Waals surface area contributed by atoms with Gasteiger partial charge in [0.1, 0.15) is 0 Å². The summed E-state index contributed by atoms with van der Waals surface area (Å²) in [5.74, 6) is 0. The Bertz CT molecular complexity index is 2760. The Hall–Kier alpha value is -6.24. The van der Waals surface area contributed by atoms with Gasteiger partial charge in [-0.15, -0.1) is 0 Å². The summed E-state index contributed by atoms with van der Waals surface area (Å²) in [4.78, 5) is 0. The lowest BCUT2D eigenvalue weighted by Crippen LogP contribution is -2.25. The molecule has 0 fully saturated rings. The average molecular weight is 619 g/mol. The second-order valence-electron chi connectivity index (χ2n) is 13.7. The Morgan fingerprint density at radius 3 is 1.84 bits per heavy atom. The molecule has 8 aromatic rings. The van der Waals surface area contributed by atoms with Crippen molar-refractivity contribution in [3.8, 4) is 44.5 Å². The van der Waals surface area contributed by atoms with Gasteiger partial charge >= 0.3 is 0 Å². The standard InChI is InChI=1S/C49H30/c1-3-34-36(23-24-41-38-15-7-6-13-35(38)29(2)47(34)41)32-21-20-31-27-42-46(28-33(31)26-32)49(45-25-22-30-12-4-5-14-37(30)48(42)45)43-18-10-8-16-39(43)40-17-9-11-19-44(40)49/h3-28H,1-2H2. The molecule has 49 heavy (non-hydrogen) atoms. The molecule has 0 saturated heterocycles. The molecule has 11 rings (SSSR count). The van der Waals surface area contributed by atoms with E-state index in [1.54, 1.807) is 0 Å². The quantitative estimate of drug-likeness (QED) is 0.181. The molecule has 8 aromatic carbocycles. The number of benzene rings is 8. The van der Waals surface area contributed by atoms with Crippen molar-refractivity contribution < 1.29 is 0 Å². The van der Waals surface area contributed by atoms with Crippen LogP contribution in [0.15, 0.2) is 165 Å². The summed E-state index contributed by atoms with van der Waals surface area (Å²) < 4.78 is 0. The van der Waals surface area contributed by atoms with Gasteiger partial charge in [0.2, 0.25) is 0 Å². The summed E-state index contributed by atoms with van der Waals surface area (Å²) in [5.41, 5.74) is 19.9. The van der Waals surface area contributed by atoms with Crippen LogP contribution in [0, 0.1) is 0 Å². The van der Waals surface area contributed by atoms with E-state index in [2.05, 4.69) is 165 Å². The largest absolute Gasteiger partial charge is 0.0984 e. The lowest BCUT2D eigenvalue weighted by Gasteiger charge is -2.30. The molecule has 0 heterocycles. The first-order valence-corrected chi connectivity index (χ1v) is 17.1. The predicted molar refractivity (Wildman–Crippen MR) is 207 cm³/mol. The summed E-state index contributed by atoms with van der Waals surface area (Å²) in [6.45, 7) is 8.84. The maximum atomic E-state index is 4.54. The van der Waals surface area contributed by atoms with Crippen LogP contribution in [0.4, 0.5) is 0 Å². The molecular formula is C49H30. The molecule has 0 bridgehead atoms. The molecule has 0 saturated carbocycles. The molecule has 0 atom stereocenters. The summed E-state index contributed by atoms with van der Waals surface area (Å²) in [5, 5.41) is 5.07. The van der Waals surface area contributed by atoms with Crippen LogP contribution in [0.3, 0.4) is 0 Å². The van der Waals surface area contributed by atoms with Gasteiger partial charge in [0, 0.05) is 0 Å². The van der Waals surface area contributed by atoms with Crippen molar-refractivity contribution in [3.05, 3.63) is 204 Å². The third kappa shape index (κ3) is 3.24. The molecule has 3 aliphatic rings. The van der Waals surface area contributed by atoms with Gasteiger partial charge in [-0.25, -0.2) is 0 Å². The molecule has 0 nitrogen and oxygen atoms in total. The minimum Gasteiger partial charge on any atom is -0.0984 e. The lowest BCUT2D eigenvalue weighted by atomic mass is 9.70. The van der Waals surface area contributed by atoms with Crippen LogP contribution in [0.2, 0.25) is 0 Å². The fraction of sp³-hybridized carbons (Fsp3) is 0.0204. The van der Waals surface area contributed by atoms with E-state index in [1.165, 1.54) is 99.4 Å². The van der Waals surface area contributed by atoms with Gasteiger partial charge in [-0.1, -0.05) is 153 Å². The zero-order valence-electron chi connectivity index (χ0n) is 26.9. The summed E-state index contributed by atoms with van der Waals surface area (Å²) in [6.07, 6.45) is 2.02. The van der Waals surface area contributed by atoms with Crippen LogP contribution in [0.5, 0.6) is 0 Å². The Morgan fingerprint density at radius 1 is 0.408 bits per heavy atom. The van der Waals surface area contributed by atoms with E-state index >= 15 is 0 Å². The first kappa shape index (κ1) is 26.8. The molecule has 0 aromatic heterocycles. The van der Waals surface area contributed by atoms with Crippen molar-refractivity contribution in [3.63, 3.8) is 0 Å². The van der Waals surface area contributed by atoms with Crippen molar-refractivity contribution >= 4 is 33.2 Å². The van der Waals surface area contributed by atoms with Crippen molar-refractivity contribution in [2.75, 3.05) is 0 Å². The Morgan fingerprint density at radius 2 is 1.06 bits per heavy atom. The van der Waals surface area contributed by atoms with E-state index in [9.17, 15) is 0 Å². The van der Waals surface area contributed by atoms with Crippen molar-refractivity contribution in [1.29, 1.82) is 0 Å². The van der Waals surface area contributed by atoms with E-state index in [-0.39, 0.29) is 0 Å². The molecule has 1 spiro atoms. The highest BCUT2D eigenvalue weighted by atomic mass is 14.5. The fourth-order valence-corrected chi connectivity index (χ4v) is 9.57. The van der Waals surface area contributed by atoms with Gasteiger partial charge in [0.05, 0.1) is 5.41 Å². The van der Waals surface area contributed by atoms with E-state index in [0.717, 1.165) is 11.1 Å². The molecule has 0 unspecified atom stereocenters. The first-order chi connectivity index (χ1) is 24.2. The van der Waals surface area contributed by atoms with Crippen LogP contribution in [-0.4, -0.2) is 0 Å². The summed E-state index contributed by atoms with van der Waals surface area (Å²) in [7, 11) is 0. The van der Waals surface area contributed by atoms with Crippen LogP contribution >= 0.6 is 0 Å². The minimum absolute atomic E-state index is 0.393. The highest BCUT2D eigenvalue weighted by Crippen LogP contribution is 2.64. The zero-order chi connectivity index (χ0) is 32.4. The van der Waals surface area contributed by atoms with E-state index in [1.807, 2.05) is 6.08 Å².